The van der Waals surface area contributed by atoms with Crippen molar-refractivity contribution in [3.8, 4) is 0 Å². The predicted molar refractivity (Wildman–Crippen MR) is 106 cm³/mol. The molecule has 3 N–H and O–H groups in total. The van der Waals surface area contributed by atoms with Crippen molar-refractivity contribution in [2.24, 2.45) is 4.99 Å². The summed E-state index contributed by atoms with van der Waals surface area (Å²) in [5.41, 5.74) is 4.63. The highest BCUT2D eigenvalue weighted by atomic mass is 15.2. The second-order valence-corrected chi connectivity index (χ2v) is 6.10. The summed E-state index contributed by atoms with van der Waals surface area (Å²) in [6, 6.07) is 18.2. The first-order valence-corrected chi connectivity index (χ1v) is 8.52. The zero-order valence-electron chi connectivity index (χ0n) is 15.1. The van der Waals surface area contributed by atoms with Crippen LogP contribution >= 0.6 is 0 Å². The van der Waals surface area contributed by atoms with E-state index in [1.165, 1.54) is 11.1 Å². The van der Waals surface area contributed by atoms with Crippen molar-refractivity contribution in [2.45, 2.75) is 20.4 Å². The van der Waals surface area contributed by atoms with Crippen molar-refractivity contribution in [3.05, 3.63) is 95.4 Å². The number of nitrogens with zero attached hydrogens (tertiary/aromatic N) is 2. The molecule has 5 nitrogen and oxygen atoms in total. The molecule has 0 aliphatic rings. The van der Waals surface area contributed by atoms with E-state index >= 15 is 0 Å². The van der Waals surface area contributed by atoms with Crippen molar-refractivity contribution in [3.63, 3.8) is 0 Å². The van der Waals surface area contributed by atoms with Gasteiger partial charge in [-0.1, -0.05) is 55.1 Å². The molecule has 0 unspecified atom stereocenters. The van der Waals surface area contributed by atoms with E-state index in [1.54, 1.807) is 6.20 Å². The van der Waals surface area contributed by atoms with Crippen LogP contribution in [-0.2, 0) is 6.54 Å². The van der Waals surface area contributed by atoms with Crippen LogP contribution in [0.25, 0.3) is 0 Å². The molecule has 0 saturated carbocycles. The lowest BCUT2D eigenvalue weighted by molar-refractivity contribution is 0.767. The molecule has 0 fully saturated rings. The second-order valence-electron chi connectivity index (χ2n) is 6.10. The van der Waals surface area contributed by atoms with Crippen LogP contribution in [0.4, 0.5) is 5.82 Å². The fraction of sp³-hybridized carbons (Fsp3) is 0.143. The summed E-state index contributed by atoms with van der Waals surface area (Å²) in [5, 5.41) is 13.5. The Morgan fingerprint density at radius 2 is 1.77 bits per heavy atom. The molecule has 3 rings (SSSR count). The molecule has 0 aliphatic heterocycles. The molecule has 132 valence electrons. The van der Waals surface area contributed by atoms with E-state index in [0.717, 1.165) is 17.0 Å². The van der Waals surface area contributed by atoms with Gasteiger partial charge in [0.2, 0.25) is 0 Å². The van der Waals surface area contributed by atoms with Gasteiger partial charge in [-0.05, 0) is 30.5 Å². The zero-order chi connectivity index (χ0) is 18.4. The van der Waals surface area contributed by atoms with Gasteiger partial charge >= 0.3 is 0 Å². The molecule has 1 aromatic heterocycles. The van der Waals surface area contributed by atoms with Gasteiger partial charge in [-0.3, -0.25) is 5.10 Å². The second kappa shape index (κ2) is 8.16. The molecule has 0 aliphatic carbocycles. The lowest BCUT2D eigenvalue weighted by Gasteiger charge is -2.16. The van der Waals surface area contributed by atoms with Gasteiger partial charge in [-0.25, -0.2) is 4.99 Å². The summed E-state index contributed by atoms with van der Waals surface area (Å²) < 4.78 is 0. The Hall–Kier alpha value is -3.34. The summed E-state index contributed by atoms with van der Waals surface area (Å²) in [6.07, 6.45) is 1.68. The molecule has 0 atom stereocenters. The van der Waals surface area contributed by atoms with E-state index in [-0.39, 0.29) is 0 Å². The molecule has 0 saturated heterocycles. The Kier molecular flexibility index (Phi) is 5.49. The first kappa shape index (κ1) is 17.5. The molecule has 3 aromatic rings. The average molecular weight is 345 g/mol. The Morgan fingerprint density at radius 3 is 2.46 bits per heavy atom. The van der Waals surface area contributed by atoms with Crippen LogP contribution in [0.2, 0.25) is 0 Å². The van der Waals surface area contributed by atoms with Crippen molar-refractivity contribution in [1.82, 2.24) is 20.8 Å². The number of hydrogen-bond donors (Lipinski definition) is 3. The quantitative estimate of drug-likeness (QED) is 0.468. The predicted octanol–water partition coefficient (Wildman–Crippen LogP) is 3.96. The van der Waals surface area contributed by atoms with Crippen LogP contribution in [0.3, 0.4) is 0 Å². The van der Waals surface area contributed by atoms with E-state index in [2.05, 4.69) is 64.4 Å². The smallest absolute Gasteiger partial charge is 0.150 e. The largest absolute Gasteiger partial charge is 0.368 e. The van der Waals surface area contributed by atoms with E-state index in [4.69, 9.17) is 0 Å². The van der Waals surface area contributed by atoms with Gasteiger partial charge in [0.05, 0.1) is 12.0 Å². The highest BCUT2D eigenvalue weighted by Crippen LogP contribution is 2.13. The number of nitrogens with one attached hydrogen (secondary N) is 3. The maximum absolute atomic E-state index is 4.65. The van der Waals surface area contributed by atoms with E-state index in [0.29, 0.717) is 18.2 Å². The Balaban J connectivity index is 1.77. The van der Waals surface area contributed by atoms with E-state index < -0.39 is 0 Å². The van der Waals surface area contributed by atoms with Crippen LogP contribution in [0.5, 0.6) is 0 Å². The molecule has 26 heavy (non-hydrogen) atoms. The monoisotopic (exact) mass is 345 g/mol. The maximum Gasteiger partial charge on any atom is 0.150 e. The highest BCUT2D eigenvalue weighted by Gasteiger charge is 2.09. The molecule has 5 heteroatoms. The molecular formula is C21H23N5. The van der Waals surface area contributed by atoms with Crippen LogP contribution in [0.15, 0.2) is 78.2 Å². The highest BCUT2D eigenvalue weighted by molar-refractivity contribution is 6.02. The minimum Gasteiger partial charge on any atom is -0.368 e. The first-order valence-electron chi connectivity index (χ1n) is 8.52. The topological polar surface area (TPSA) is 65.1 Å². The SMILES string of the molecule is C=C(NCc1ccccc1C)N/C(=N\c1ccn[nH]1)c1ccccc1C. The third-order valence-electron chi connectivity index (χ3n) is 4.14. The van der Waals surface area contributed by atoms with E-state index in [9.17, 15) is 0 Å². The van der Waals surface area contributed by atoms with Crippen LogP contribution in [-0.4, -0.2) is 16.0 Å². The van der Waals surface area contributed by atoms with Gasteiger partial charge in [0.1, 0.15) is 11.7 Å². The molecule has 0 radical (unpaired) electrons. The Bertz CT molecular complexity index is 910. The number of aromatic nitrogens is 2. The third-order valence-corrected chi connectivity index (χ3v) is 4.14. The number of aryl methyl sites for hydroxylation is 2. The first-order chi connectivity index (χ1) is 12.6. The molecule has 1 heterocycles. The van der Waals surface area contributed by atoms with Crippen molar-refractivity contribution in [2.75, 3.05) is 0 Å². The van der Waals surface area contributed by atoms with Crippen molar-refractivity contribution >= 4 is 11.7 Å². The number of aromatic amines is 1. The molecule has 0 amide bonds. The summed E-state index contributed by atoms with van der Waals surface area (Å²) in [4.78, 5) is 4.65. The number of amidine groups is 1. The summed E-state index contributed by atoms with van der Waals surface area (Å²) in [5.74, 6) is 2.09. The Morgan fingerprint density at radius 1 is 1.04 bits per heavy atom. The standard InChI is InChI=1S/C21H23N5/c1-15-8-4-6-10-18(15)14-22-17(3)24-21(25-20-12-13-23-26-20)19-11-7-5-9-16(19)2/h4-13,22H,3,14H2,1-2H3,(H2,23,24,25,26). The summed E-state index contributed by atoms with van der Waals surface area (Å²) in [7, 11) is 0. The summed E-state index contributed by atoms with van der Waals surface area (Å²) >= 11 is 0. The average Bonchev–Trinajstić information content (AvgIpc) is 3.14. The van der Waals surface area contributed by atoms with Gasteiger partial charge in [-0.15, -0.1) is 0 Å². The third kappa shape index (κ3) is 4.39. The molecule has 0 spiro atoms. The fourth-order valence-corrected chi connectivity index (χ4v) is 2.62. The Labute approximate surface area is 153 Å². The maximum atomic E-state index is 4.65. The van der Waals surface area contributed by atoms with Gasteiger partial charge in [0.15, 0.2) is 0 Å². The van der Waals surface area contributed by atoms with Crippen molar-refractivity contribution in [1.29, 1.82) is 0 Å². The zero-order valence-corrected chi connectivity index (χ0v) is 15.1. The van der Waals surface area contributed by atoms with Crippen LogP contribution in [0.1, 0.15) is 22.3 Å². The number of hydrogen-bond acceptors (Lipinski definition) is 3. The van der Waals surface area contributed by atoms with Crippen molar-refractivity contribution < 1.29 is 0 Å². The van der Waals surface area contributed by atoms with E-state index in [1.807, 2.05) is 36.4 Å². The molecule has 2 aromatic carbocycles. The van der Waals surface area contributed by atoms with Gasteiger partial charge in [0.25, 0.3) is 0 Å². The van der Waals surface area contributed by atoms with Gasteiger partial charge in [0, 0.05) is 18.2 Å². The van der Waals surface area contributed by atoms with Crippen LogP contribution in [0, 0.1) is 13.8 Å². The van der Waals surface area contributed by atoms with Gasteiger partial charge < -0.3 is 10.6 Å². The molecular weight excluding hydrogens is 322 g/mol. The molecule has 0 bridgehead atoms. The van der Waals surface area contributed by atoms with Crippen LogP contribution < -0.4 is 10.6 Å². The number of benzene rings is 2. The number of aliphatic imine (C=N–C) groups is 1. The number of H-pyrrole nitrogens is 1. The normalized spacial score (nSPS) is 11.2. The number of rotatable bonds is 6. The summed E-state index contributed by atoms with van der Waals surface area (Å²) in [6.45, 7) is 8.95. The fourth-order valence-electron chi connectivity index (χ4n) is 2.62. The minimum absolute atomic E-state index is 0.683. The minimum atomic E-state index is 0.683. The lowest BCUT2D eigenvalue weighted by Crippen LogP contribution is -2.31. The lowest BCUT2D eigenvalue weighted by atomic mass is 10.1. The van der Waals surface area contributed by atoms with Gasteiger partial charge in [-0.2, -0.15) is 5.10 Å².